The van der Waals surface area contributed by atoms with Crippen molar-refractivity contribution in [3.05, 3.63) is 85.2 Å². The fraction of sp³-hybridized carbons (Fsp3) is 0. The number of pyridine rings is 1. The van der Waals surface area contributed by atoms with Gasteiger partial charge in [-0.1, -0.05) is 30.3 Å². The van der Waals surface area contributed by atoms with Gasteiger partial charge in [-0.25, -0.2) is 0 Å². The minimum absolute atomic E-state index is 0.583. The molecule has 3 heterocycles. The molecule has 0 N–H and O–H groups in total. The van der Waals surface area contributed by atoms with Crippen molar-refractivity contribution >= 4 is 23.1 Å². The molecule has 0 fully saturated rings. The van der Waals surface area contributed by atoms with E-state index in [9.17, 15) is 4.57 Å². The number of para-hydroxylation sites is 2. The molecular formula is C23H14NO3P. The summed E-state index contributed by atoms with van der Waals surface area (Å²) < 4.78 is 27.2. The molecule has 0 spiro atoms. The normalized spacial score (nSPS) is 18.1. The molecule has 1 aromatic heterocycles. The van der Waals surface area contributed by atoms with Gasteiger partial charge in [-0.3, -0.25) is 4.98 Å². The summed E-state index contributed by atoms with van der Waals surface area (Å²) in [6.45, 7) is 0. The van der Waals surface area contributed by atoms with Crippen LogP contribution >= 0.6 is 7.14 Å². The number of ether oxygens (including phenoxy) is 2. The van der Waals surface area contributed by atoms with E-state index >= 15 is 0 Å². The van der Waals surface area contributed by atoms with Crippen LogP contribution in [-0.4, -0.2) is 4.98 Å². The fourth-order valence-corrected chi connectivity index (χ4v) is 7.07. The SMILES string of the molecule is O=P12c3ccccc3Oc3ccc(-c4cccnc4)c(c31)Oc1ccccc12. The molecule has 3 aromatic carbocycles. The lowest BCUT2D eigenvalue weighted by molar-refractivity contribution is 0.463. The van der Waals surface area contributed by atoms with Crippen molar-refractivity contribution in [1.82, 2.24) is 4.98 Å². The zero-order valence-electron chi connectivity index (χ0n) is 14.7. The van der Waals surface area contributed by atoms with E-state index < -0.39 is 7.14 Å². The summed E-state index contributed by atoms with van der Waals surface area (Å²) in [6.07, 6.45) is 3.51. The maximum absolute atomic E-state index is 14.7. The predicted molar refractivity (Wildman–Crippen MR) is 109 cm³/mol. The van der Waals surface area contributed by atoms with Crippen LogP contribution in [0.25, 0.3) is 11.1 Å². The molecular weight excluding hydrogens is 369 g/mol. The Kier molecular flexibility index (Phi) is 3.12. The molecule has 5 heteroatoms. The van der Waals surface area contributed by atoms with Gasteiger partial charge >= 0.3 is 0 Å². The first-order valence-corrected chi connectivity index (χ1v) is 10.7. The summed E-state index contributed by atoms with van der Waals surface area (Å²) in [5, 5.41) is 2.05. The van der Waals surface area contributed by atoms with Gasteiger partial charge in [0.25, 0.3) is 0 Å². The van der Waals surface area contributed by atoms with Crippen molar-refractivity contribution in [2.75, 3.05) is 0 Å². The average Bonchev–Trinajstić information content (AvgIpc) is 2.75. The Morgan fingerprint density at radius 2 is 1.43 bits per heavy atom. The predicted octanol–water partition coefficient (Wildman–Crippen LogP) is 4.60. The van der Waals surface area contributed by atoms with E-state index in [-0.39, 0.29) is 0 Å². The highest BCUT2D eigenvalue weighted by Gasteiger charge is 2.46. The minimum atomic E-state index is -3.13. The van der Waals surface area contributed by atoms with E-state index in [1.54, 1.807) is 12.4 Å². The van der Waals surface area contributed by atoms with Gasteiger partial charge in [-0.15, -0.1) is 0 Å². The molecule has 6 rings (SSSR count). The first kappa shape index (κ1) is 15.7. The molecule has 0 radical (unpaired) electrons. The molecule has 0 saturated heterocycles. The van der Waals surface area contributed by atoms with Crippen LogP contribution < -0.4 is 25.4 Å². The molecule has 0 saturated carbocycles. The van der Waals surface area contributed by atoms with E-state index in [0.29, 0.717) is 38.9 Å². The maximum Gasteiger partial charge on any atom is 0.185 e. The van der Waals surface area contributed by atoms with Crippen LogP contribution in [0, 0.1) is 0 Å². The molecule has 1 atom stereocenters. The maximum atomic E-state index is 14.7. The number of hydrogen-bond acceptors (Lipinski definition) is 4. The quantitative estimate of drug-likeness (QED) is 0.390. The van der Waals surface area contributed by atoms with Crippen LogP contribution in [0.5, 0.6) is 23.0 Å². The zero-order chi connectivity index (χ0) is 18.7. The van der Waals surface area contributed by atoms with Gasteiger partial charge in [0.2, 0.25) is 0 Å². The van der Waals surface area contributed by atoms with Crippen molar-refractivity contribution in [2.45, 2.75) is 0 Å². The molecule has 0 bridgehead atoms. The summed E-state index contributed by atoms with van der Waals surface area (Å²) in [4.78, 5) is 4.23. The third-order valence-electron chi connectivity index (χ3n) is 5.22. The lowest BCUT2D eigenvalue weighted by Crippen LogP contribution is -2.35. The van der Waals surface area contributed by atoms with Gasteiger partial charge in [0.15, 0.2) is 7.14 Å². The highest BCUT2D eigenvalue weighted by atomic mass is 31.2. The number of nitrogens with zero attached hydrogens (tertiary/aromatic N) is 1. The van der Waals surface area contributed by atoms with Crippen molar-refractivity contribution in [1.29, 1.82) is 0 Å². The number of rotatable bonds is 1. The van der Waals surface area contributed by atoms with E-state index in [2.05, 4.69) is 4.98 Å². The monoisotopic (exact) mass is 383 g/mol. The number of fused-ring (bicyclic) bond motifs is 4. The fourth-order valence-electron chi connectivity index (χ4n) is 3.99. The van der Waals surface area contributed by atoms with Gasteiger partial charge in [-0.2, -0.15) is 0 Å². The molecule has 28 heavy (non-hydrogen) atoms. The zero-order valence-corrected chi connectivity index (χ0v) is 15.6. The first-order valence-electron chi connectivity index (χ1n) is 9.00. The Bertz CT molecular complexity index is 1290. The molecule has 2 aliphatic rings. The Morgan fingerprint density at radius 3 is 2.14 bits per heavy atom. The lowest BCUT2D eigenvalue weighted by atomic mass is 10.1. The Morgan fingerprint density at radius 1 is 0.714 bits per heavy atom. The second-order valence-corrected chi connectivity index (χ2v) is 9.41. The van der Waals surface area contributed by atoms with Gasteiger partial charge in [-0.05, 0) is 42.5 Å². The standard InChI is InChI=1S/C23H14NO3P/c25-28-20-9-3-1-7-17(20)26-19-12-11-16(15-6-5-13-24-14-15)22(23(19)28)27-18-8-2-4-10-21(18)28/h1-14H. The van der Waals surface area contributed by atoms with Gasteiger partial charge in [0.05, 0.1) is 10.6 Å². The Hall–Kier alpha value is -3.36. The molecule has 2 aliphatic heterocycles. The Labute approximate surface area is 161 Å². The van der Waals surface area contributed by atoms with Gasteiger partial charge in [0, 0.05) is 23.5 Å². The lowest BCUT2D eigenvalue weighted by Gasteiger charge is -2.35. The summed E-state index contributed by atoms with van der Waals surface area (Å²) in [5.74, 6) is 2.42. The molecule has 0 aliphatic carbocycles. The van der Waals surface area contributed by atoms with E-state index in [1.165, 1.54) is 0 Å². The smallest absolute Gasteiger partial charge is 0.185 e. The van der Waals surface area contributed by atoms with Gasteiger partial charge < -0.3 is 14.0 Å². The Balaban J connectivity index is 1.75. The third kappa shape index (κ3) is 1.96. The van der Waals surface area contributed by atoms with Crippen molar-refractivity contribution in [3.8, 4) is 34.1 Å². The van der Waals surface area contributed by atoms with Crippen molar-refractivity contribution in [2.24, 2.45) is 0 Å². The van der Waals surface area contributed by atoms with Crippen LogP contribution in [0.1, 0.15) is 0 Å². The first-order chi connectivity index (χ1) is 13.8. The summed E-state index contributed by atoms with van der Waals surface area (Å²) in [7, 11) is -3.13. The van der Waals surface area contributed by atoms with Crippen molar-refractivity contribution < 1.29 is 14.0 Å². The molecule has 4 aromatic rings. The second kappa shape index (κ2) is 5.57. The minimum Gasteiger partial charge on any atom is -0.456 e. The van der Waals surface area contributed by atoms with E-state index in [1.807, 2.05) is 72.8 Å². The molecule has 134 valence electrons. The number of aromatic nitrogens is 1. The summed E-state index contributed by atoms with van der Waals surface area (Å²) >= 11 is 0. The average molecular weight is 383 g/mol. The van der Waals surface area contributed by atoms with Crippen LogP contribution in [0.15, 0.2) is 85.2 Å². The van der Waals surface area contributed by atoms with Crippen LogP contribution in [0.4, 0.5) is 0 Å². The van der Waals surface area contributed by atoms with Crippen LogP contribution in [0.3, 0.4) is 0 Å². The van der Waals surface area contributed by atoms with Gasteiger partial charge in [0.1, 0.15) is 28.3 Å². The number of benzene rings is 3. The van der Waals surface area contributed by atoms with E-state index in [0.717, 1.165) is 11.1 Å². The number of hydrogen-bond donors (Lipinski definition) is 0. The molecule has 1 unspecified atom stereocenters. The molecule has 0 amide bonds. The summed E-state index contributed by atoms with van der Waals surface area (Å²) in [6, 6.07) is 22.8. The molecule has 4 nitrogen and oxygen atoms in total. The van der Waals surface area contributed by atoms with Crippen LogP contribution in [-0.2, 0) is 4.57 Å². The topological polar surface area (TPSA) is 48.4 Å². The highest BCUT2D eigenvalue weighted by molar-refractivity contribution is 7.86. The second-order valence-electron chi connectivity index (χ2n) is 6.78. The highest BCUT2D eigenvalue weighted by Crippen LogP contribution is 2.59. The van der Waals surface area contributed by atoms with Crippen LogP contribution in [0.2, 0.25) is 0 Å². The summed E-state index contributed by atoms with van der Waals surface area (Å²) in [5.41, 5.74) is 1.76. The largest absolute Gasteiger partial charge is 0.456 e. The van der Waals surface area contributed by atoms with E-state index in [4.69, 9.17) is 9.47 Å². The third-order valence-corrected chi connectivity index (χ3v) is 8.37. The van der Waals surface area contributed by atoms with Crippen molar-refractivity contribution in [3.63, 3.8) is 0 Å².